The third kappa shape index (κ3) is 9.37. The molecule has 6 heterocycles. The first-order valence-corrected chi connectivity index (χ1v) is 39.3. The van der Waals surface area contributed by atoms with Gasteiger partial charge in [0.25, 0.3) is 0 Å². The highest BCUT2D eigenvalue weighted by Crippen LogP contribution is 2.53. The molecule has 6 aromatic heterocycles. The standard InChI is InChI=1S/C106H64N4OS/c1-6-20-65(21-7-1)69-38-47-78(48-39-69)107-90-32-18-16-30-84(90)100-96(107)61-56-86-97-87-62-74(44-53-81(87)102-101(106(97)112-105(86)100)85-31-17-19-33-91(85)110(102)77-28-14-5-15-29-77)72-34-36-73(37-35-72)76-46-58-93-89(64-76)99-95(109(93)80-51-42-71(43-52-80)67-24-10-3-11-25-67)60-55-83-82-54-59-94-98(103(82)111-104(83)99)88-63-75(68-26-12-4-13-27-68)45-57-92(88)108(94)79-49-40-70(41-50-79)66-22-8-2-9-23-66/h1-64H. The number of hydrogen-bond acceptors (Lipinski definition) is 2. The van der Waals surface area contributed by atoms with Crippen molar-refractivity contribution in [2.45, 2.75) is 0 Å². The summed E-state index contributed by atoms with van der Waals surface area (Å²) in [7, 11) is 0. The van der Waals surface area contributed by atoms with Crippen molar-refractivity contribution in [3.63, 3.8) is 0 Å². The van der Waals surface area contributed by atoms with Crippen LogP contribution in [0.4, 0.5) is 0 Å². The lowest BCUT2D eigenvalue weighted by Gasteiger charge is -2.13. The van der Waals surface area contributed by atoms with Gasteiger partial charge in [-0.25, -0.2) is 0 Å². The van der Waals surface area contributed by atoms with Crippen LogP contribution in [0.1, 0.15) is 0 Å². The first-order valence-electron chi connectivity index (χ1n) is 38.4. The highest BCUT2D eigenvalue weighted by atomic mass is 32.1. The molecule has 0 unspecified atom stereocenters. The molecule has 0 amide bonds. The van der Waals surface area contributed by atoms with Crippen molar-refractivity contribution in [2.24, 2.45) is 0 Å². The highest BCUT2D eigenvalue weighted by molar-refractivity contribution is 7.28. The van der Waals surface area contributed by atoms with Crippen LogP contribution in [0.15, 0.2) is 393 Å². The highest BCUT2D eigenvalue weighted by Gasteiger charge is 2.28. The zero-order valence-corrected chi connectivity index (χ0v) is 61.4. The van der Waals surface area contributed by atoms with E-state index in [0.29, 0.717) is 0 Å². The minimum Gasteiger partial charge on any atom is -0.455 e. The summed E-state index contributed by atoms with van der Waals surface area (Å²) in [5, 5.41) is 16.7. The Labute approximate surface area is 647 Å². The second-order valence-electron chi connectivity index (χ2n) is 29.8. The van der Waals surface area contributed by atoms with Gasteiger partial charge in [0, 0.05) is 91.4 Å². The van der Waals surface area contributed by atoms with Gasteiger partial charge in [0.15, 0.2) is 0 Å². The molecule has 0 atom stereocenters. The van der Waals surface area contributed by atoms with Crippen molar-refractivity contribution in [1.29, 1.82) is 0 Å². The van der Waals surface area contributed by atoms with E-state index in [-0.39, 0.29) is 0 Å². The van der Waals surface area contributed by atoms with Gasteiger partial charge in [-0.05, 0) is 193 Å². The van der Waals surface area contributed by atoms with Crippen molar-refractivity contribution < 1.29 is 4.42 Å². The maximum Gasteiger partial charge on any atom is 0.145 e. The van der Waals surface area contributed by atoms with E-state index in [4.69, 9.17) is 4.42 Å². The van der Waals surface area contributed by atoms with Gasteiger partial charge in [0.1, 0.15) is 11.2 Å². The molecule has 5 nitrogen and oxygen atoms in total. The van der Waals surface area contributed by atoms with E-state index in [1.165, 1.54) is 114 Å². The summed E-state index contributed by atoms with van der Waals surface area (Å²) in [5.41, 5.74) is 29.4. The minimum atomic E-state index is 0.871. The smallest absolute Gasteiger partial charge is 0.145 e. The van der Waals surface area contributed by atoms with Crippen molar-refractivity contribution >= 4 is 151 Å². The molecule has 520 valence electrons. The number of furan rings is 1. The maximum absolute atomic E-state index is 7.69. The summed E-state index contributed by atoms with van der Waals surface area (Å²) in [4.78, 5) is 0. The summed E-state index contributed by atoms with van der Waals surface area (Å²) < 4.78 is 20.1. The normalized spacial score (nSPS) is 12.1. The molecule has 6 heteroatoms. The Balaban J connectivity index is 0.685. The Morgan fingerprint density at radius 3 is 0.938 bits per heavy atom. The Bertz CT molecular complexity index is 7970. The summed E-state index contributed by atoms with van der Waals surface area (Å²) >= 11 is 1.95. The molecule has 0 fully saturated rings. The van der Waals surface area contributed by atoms with Gasteiger partial charge >= 0.3 is 0 Å². The molecule has 0 spiro atoms. The van der Waals surface area contributed by atoms with Crippen LogP contribution >= 0.6 is 11.3 Å². The molecular weight excluding hydrogens is 1380 g/mol. The summed E-state index contributed by atoms with van der Waals surface area (Å²) in [5.74, 6) is 0. The first kappa shape index (κ1) is 62.5. The van der Waals surface area contributed by atoms with Crippen LogP contribution in [-0.2, 0) is 0 Å². The number of hydrogen-bond donors (Lipinski definition) is 0. The van der Waals surface area contributed by atoms with E-state index in [2.05, 4.69) is 407 Å². The van der Waals surface area contributed by atoms with Gasteiger partial charge in [-0.1, -0.05) is 267 Å². The Hall–Kier alpha value is -14.6. The lowest BCUT2D eigenvalue weighted by atomic mass is 9.94. The number of para-hydroxylation sites is 3. The number of fused-ring (bicyclic) bond motifs is 25. The Morgan fingerprint density at radius 1 is 0.170 bits per heavy atom. The molecule has 0 radical (unpaired) electrons. The molecule has 24 aromatic rings. The van der Waals surface area contributed by atoms with Crippen molar-refractivity contribution in [3.05, 3.63) is 388 Å². The van der Waals surface area contributed by atoms with Gasteiger partial charge in [0.05, 0.1) is 54.9 Å². The molecular formula is C106H64N4OS. The van der Waals surface area contributed by atoms with E-state index in [9.17, 15) is 0 Å². The fraction of sp³-hybridized carbons (Fsp3) is 0. The van der Waals surface area contributed by atoms with Crippen LogP contribution in [-0.4, -0.2) is 18.3 Å². The predicted molar refractivity (Wildman–Crippen MR) is 474 cm³/mol. The largest absolute Gasteiger partial charge is 0.455 e. The number of thiophene rings is 1. The molecule has 0 aliphatic rings. The molecule has 112 heavy (non-hydrogen) atoms. The van der Waals surface area contributed by atoms with Gasteiger partial charge in [-0.15, -0.1) is 11.3 Å². The monoisotopic (exact) mass is 1440 g/mol. The molecule has 0 aliphatic heterocycles. The van der Waals surface area contributed by atoms with Crippen LogP contribution in [0.3, 0.4) is 0 Å². The zero-order chi connectivity index (χ0) is 73.2. The average molecular weight is 1440 g/mol. The quantitative estimate of drug-likeness (QED) is 0.134. The molecule has 0 bridgehead atoms. The number of rotatable bonds is 10. The lowest BCUT2D eigenvalue weighted by molar-refractivity contribution is 0.677. The zero-order valence-electron chi connectivity index (χ0n) is 60.6. The van der Waals surface area contributed by atoms with E-state index in [1.807, 2.05) is 11.3 Å². The van der Waals surface area contributed by atoms with Gasteiger partial charge < -0.3 is 22.7 Å². The topological polar surface area (TPSA) is 32.9 Å². The van der Waals surface area contributed by atoms with Crippen molar-refractivity contribution in [2.75, 3.05) is 0 Å². The van der Waals surface area contributed by atoms with Crippen LogP contribution in [0, 0.1) is 0 Å². The summed E-state index contributed by atoms with van der Waals surface area (Å²) in [6.07, 6.45) is 0. The summed E-state index contributed by atoms with van der Waals surface area (Å²) in [6, 6.07) is 143. The number of benzene rings is 18. The van der Waals surface area contributed by atoms with E-state index in [1.54, 1.807) is 0 Å². The second kappa shape index (κ2) is 24.5. The molecule has 0 saturated heterocycles. The SMILES string of the molecule is c1ccc(-c2ccc(-n3c4ccc(-c5ccccc5)cc4c4c5oc6c(ccc7c6c6cc(-c8ccc(-c9ccc%10c(c9)c9c%11ccc%12c(c%13ccccc%13n%12-c%12ccc(-c%13ccccc%13)cc%12)c%11sc9c9c%11ccccc%11n(-c%11ccccc%11)c%109)cc8)ccc6n7-c6ccc(-c7ccccc7)cc6)c5ccc43)cc2)cc1. The molecule has 0 N–H and O–H groups in total. The first-order chi connectivity index (χ1) is 55.6. The molecule has 0 aliphatic carbocycles. The third-order valence-electron chi connectivity index (χ3n) is 23.8. The molecule has 0 saturated carbocycles. The molecule has 24 rings (SSSR count). The van der Waals surface area contributed by atoms with E-state index >= 15 is 0 Å². The predicted octanol–water partition coefficient (Wildman–Crippen LogP) is 29.5. The molecule has 18 aromatic carbocycles. The number of aromatic nitrogens is 4. The van der Waals surface area contributed by atoms with Crippen LogP contribution in [0.25, 0.3) is 230 Å². The minimum absolute atomic E-state index is 0.871. The van der Waals surface area contributed by atoms with Crippen molar-refractivity contribution in [1.82, 2.24) is 18.3 Å². The Kier molecular flexibility index (Phi) is 13.7. The van der Waals surface area contributed by atoms with Gasteiger partial charge in [0.2, 0.25) is 0 Å². The van der Waals surface area contributed by atoms with Gasteiger partial charge in [-0.2, -0.15) is 0 Å². The maximum atomic E-state index is 7.69. The van der Waals surface area contributed by atoms with Crippen LogP contribution in [0.2, 0.25) is 0 Å². The Morgan fingerprint density at radius 2 is 0.473 bits per heavy atom. The average Bonchev–Trinajstić information content (AvgIpc) is 1.53. The fourth-order valence-electron chi connectivity index (χ4n) is 18.6. The second-order valence-corrected chi connectivity index (χ2v) is 30.8. The van der Waals surface area contributed by atoms with E-state index < -0.39 is 0 Å². The van der Waals surface area contributed by atoms with E-state index in [0.717, 1.165) is 116 Å². The van der Waals surface area contributed by atoms with Crippen LogP contribution in [0.5, 0.6) is 0 Å². The van der Waals surface area contributed by atoms with Gasteiger partial charge in [-0.3, -0.25) is 0 Å². The lowest BCUT2D eigenvalue weighted by Crippen LogP contribution is -1.94. The van der Waals surface area contributed by atoms with Crippen molar-refractivity contribution in [3.8, 4) is 89.5 Å². The number of nitrogens with zero attached hydrogens (tertiary/aromatic N) is 4. The van der Waals surface area contributed by atoms with Crippen LogP contribution < -0.4 is 0 Å². The third-order valence-corrected chi connectivity index (χ3v) is 25.0. The summed E-state index contributed by atoms with van der Waals surface area (Å²) in [6.45, 7) is 0. The fourth-order valence-corrected chi connectivity index (χ4v) is 20.1.